The van der Waals surface area contributed by atoms with Crippen LogP contribution in [-0.4, -0.2) is 16.9 Å². The Morgan fingerprint density at radius 3 is 2.91 bits per heavy atom. The summed E-state index contributed by atoms with van der Waals surface area (Å²) in [4.78, 5) is 0. The zero-order valence-electron chi connectivity index (χ0n) is 6.41. The lowest BCUT2D eigenvalue weighted by atomic mass is 10.4. The van der Waals surface area contributed by atoms with Crippen LogP contribution in [-0.2, 0) is 11.8 Å². The number of halogens is 1. The molecule has 0 atom stereocenters. The fourth-order valence-electron chi connectivity index (χ4n) is 0.722. The second-order valence-corrected chi connectivity index (χ2v) is 2.93. The Hall–Kier alpha value is -0.770. The fourth-order valence-corrected chi connectivity index (χ4v) is 1.23. The minimum atomic E-state index is 0.870. The number of rotatable bonds is 2. The van der Waals surface area contributed by atoms with Gasteiger partial charge in [0.25, 0.3) is 0 Å². The van der Waals surface area contributed by atoms with Crippen molar-refractivity contribution in [2.45, 2.75) is 0 Å². The standard InChI is InChI=1S/C7H9BrN2O/c1-10-5-6(8)7(9-10)3-4-11-2/h3-5H,1-2H3/b4-3+. The van der Waals surface area contributed by atoms with Gasteiger partial charge in [-0.2, -0.15) is 5.10 Å². The zero-order chi connectivity index (χ0) is 8.27. The minimum Gasteiger partial charge on any atom is -0.504 e. The summed E-state index contributed by atoms with van der Waals surface area (Å²) in [6.07, 6.45) is 5.27. The van der Waals surface area contributed by atoms with E-state index >= 15 is 0 Å². The Morgan fingerprint density at radius 2 is 2.45 bits per heavy atom. The summed E-state index contributed by atoms with van der Waals surface area (Å²) >= 11 is 3.36. The molecule has 0 spiro atoms. The first-order valence-corrected chi connectivity index (χ1v) is 3.92. The highest BCUT2D eigenvalue weighted by molar-refractivity contribution is 9.10. The molecule has 60 valence electrons. The van der Waals surface area contributed by atoms with E-state index in [1.165, 1.54) is 0 Å². The van der Waals surface area contributed by atoms with Crippen LogP contribution in [0.3, 0.4) is 0 Å². The highest BCUT2D eigenvalue weighted by atomic mass is 79.9. The molecule has 0 aliphatic rings. The number of ether oxygens (including phenoxy) is 1. The third-order valence-electron chi connectivity index (χ3n) is 1.17. The van der Waals surface area contributed by atoms with Crippen molar-refractivity contribution in [2.75, 3.05) is 7.11 Å². The summed E-state index contributed by atoms with van der Waals surface area (Å²) in [5.41, 5.74) is 0.870. The number of aromatic nitrogens is 2. The molecule has 0 saturated heterocycles. The average molecular weight is 217 g/mol. The molecule has 0 aromatic carbocycles. The Morgan fingerprint density at radius 1 is 1.73 bits per heavy atom. The van der Waals surface area contributed by atoms with Gasteiger partial charge in [-0.15, -0.1) is 0 Å². The zero-order valence-corrected chi connectivity index (χ0v) is 8.00. The van der Waals surface area contributed by atoms with Gasteiger partial charge in [0.1, 0.15) is 5.69 Å². The van der Waals surface area contributed by atoms with Gasteiger partial charge in [-0.1, -0.05) is 0 Å². The first kappa shape index (κ1) is 8.33. The lowest BCUT2D eigenvalue weighted by molar-refractivity contribution is 0.341. The first-order valence-electron chi connectivity index (χ1n) is 3.12. The first-order chi connectivity index (χ1) is 5.24. The van der Waals surface area contributed by atoms with Crippen LogP contribution in [0.25, 0.3) is 6.08 Å². The van der Waals surface area contributed by atoms with Crippen LogP contribution in [0.2, 0.25) is 0 Å². The van der Waals surface area contributed by atoms with Crippen molar-refractivity contribution in [1.29, 1.82) is 0 Å². The van der Waals surface area contributed by atoms with Crippen LogP contribution in [0, 0.1) is 0 Å². The molecule has 0 bridgehead atoms. The van der Waals surface area contributed by atoms with Crippen LogP contribution < -0.4 is 0 Å². The Labute approximate surface area is 73.8 Å². The van der Waals surface area contributed by atoms with Crippen LogP contribution in [0.15, 0.2) is 16.9 Å². The third-order valence-corrected chi connectivity index (χ3v) is 1.78. The number of hydrogen-bond donors (Lipinski definition) is 0. The van der Waals surface area contributed by atoms with E-state index in [0.29, 0.717) is 0 Å². The molecule has 0 saturated carbocycles. The van der Waals surface area contributed by atoms with Crippen molar-refractivity contribution in [3.05, 3.63) is 22.6 Å². The molecule has 0 N–H and O–H groups in total. The maximum absolute atomic E-state index is 4.76. The van der Waals surface area contributed by atoms with Gasteiger partial charge in [0.15, 0.2) is 0 Å². The normalized spacial score (nSPS) is 10.8. The van der Waals surface area contributed by atoms with Crippen molar-refractivity contribution in [2.24, 2.45) is 7.05 Å². The summed E-state index contributed by atoms with van der Waals surface area (Å²) < 4.78 is 7.46. The summed E-state index contributed by atoms with van der Waals surface area (Å²) in [5, 5.41) is 4.15. The van der Waals surface area contributed by atoms with Gasteiger partial charge in [0.2, 0.25) is 0 Å². The highest BCUT2D eigenvalue weighted by Crippen LogP contribution is 2.15. The van der Waals surface area contributed by atoms with Gasteiger partial charge in [0.05, 0.1) is 17.8 Å². The van der Waals surface area contributed by atoms with E-state index in [0.717, 1.165) is 10.2 Å². The molecule has 0 unspecified atom stereocenters. The smallest absolute Gasteiger partial charge is 0.102 e. The monoisotopic (exact) mass is 216 g/mol. The maximum atomic E-state index is 4.76. The Bertz CT molecular complexity index is 267. The van der Waals surface area contributed by atoms with E-state index in [1.807, 2.05) is 13.2 Å². The molecule has 0 aliphatic heterocycles. The fraction of sp³-hybridized carbons (Fsp3) is 0.286. The molecule has 11 heavy (non-hydrogen) atoms. The van der Waals surface area contributed by atoms with E-state index in [1.54, 1.807) is 24.1 Å². The Kier molecular flexibility index (Phi) is 2.70. The molecular formula is C7H9BrN2O. The molecule has 0 radical (unpaired) electrons. The SMILES string of the molecule is CO/C=C/c1nn(C)cc1Br. The van der Waals surface area contributed by atoms with Crippen molar-refractivity contribution in [3.8, 4) is 0 Å². The number of nitrogens with zero attached hydrogens (tertiary/aromatic N) is 2. The molecule has 1 heterocycles. The molecule has 4 heteroatoms. The predicted octanol–water partition coefficient (Wildman–Crippen LogP) is 1.80. The topological polar surface area (TPSA) is 27.1 Å². The van der Waals surface area contributed by atoms with Crippen LogP contribution in [0.4, 0.5) is 0 Å². The second-order valence-electron chi connectivity index (χ2n) is 2.07. The van der Waals surface area contributed by atoms with Crippen LogP contribution >= 0.6 is 15.9 Å². The summed E-state index contributed by atoms with van der Waals surface area (Å²) in [6, 6.07) is 0. The second kappa shape index (κ2) is 3.57. The molecule has 3 nitrogen and oxygen atoms in total. The predicted molar refractivity (Wildman–Crippen MR) is 47.0 cm³/mol. The number of hydrogen-bond acceptors (Lipinski definition) is 2. The van der Waals surface area contributed by atoms with Crippen LogP contribution in [0.1, 0.15) is 5.69 Å². The maximum Gasteiger partial charge on any atom is 0.102 e. The van der Waals surface area contributed by atoms with Gasteiger partial charge in [0, 0.05) is 19.3 Å². The summed E-state index contributed by atoms with van der Waals surface area (Å²) in [6.45, 7) is 0. The molecule has 0 aliphatic carbocycles. The van der Waals surface area contributed by atoms with E-state index in [4.69, 9.17) is 4.74 Å². The lowest BCUT2D eigenvalue weighted by Gasteiger charge is -1.86. The Balaban J connectivity index is 2.85. The molecule has 1 rings (SSSR count). The van der Waals surface area contributed by atoms with Crippen molar-refractivity contribution < 1.29 is 4.74 Å². The van der Waals surface area contributed by atoms with Gasteiger partial charge < -0.3 is 4.74 Å². The van der Waals surface area contributed by atoms with E-state index < -0.39 is 0 Å². The van der Waals surface area contributed by atoms with Gasteiger partial charge in [-0.3, -0.25) is 4.68 Å². The van der Waals surface area contributed by atoms with Crippen molar-refractivity contribution >= 4 is 22.0 Å². The van der Waals surface area contributed by atoms with Crippen LogP contribution in [0.5, 0.6) is 0 Å². The highest BCUT2D eigenvalue weighted by Gasteiger charge is 1.98. The average Bonchev–Trinajstić information content (AvgIpc) is 2.26. The summed E-state index contributed by atoms with van der Waals surface area (Å²) in [5.74, 6) is 0. The minimum absolute atomic E-state index is 0.870. The van der Waals surface area contributed by atoms with Crippen molar-refractivity contribution in [3.63, 3.8) is 0 Å². The number of aryl methyl sites for hydroxylation is 1. The van der Waals surface area contributed by atoms with E-state index in [9.17, 15) is 0 Å². The molecule has 0 fully saturated rings. The van der Waals surface area contributed by atoms with E-state index in [2.05, 4.69) is 21.0 Å². The van der Waals surface area contributed by atoms with Crippen molar-refractivity contribution in [1.82, 2.24) is 9.78 Å². The van der Waals surface area contributed by atoms with E-state index in [-0.39, 0.29) is 0 Å². The molecular weight excluding hydrogens is 208 g/mol. The molecule has 1 aromatic rings. The quantitative estimate of drug-likeness (QED) is 0.706. The van der Waals surface area contributed by atoms with Gasteiger partial charge in [-0.25, -0.2) is 0 Å². The molecule has 0 amide bonds. The lowest BCUT2D eigenvalue weighted by Crippen LogP contribution is -1.86. The van der Waals surface area contributed by atoms with Gasteiger partial charge in [-0.05, 0) is 15.9 Å². The third kappa shape index (κ3) is 2.08. The largest absolute Gasteiger partial charge is 0.504 e. The summed E-state index contributed by atoms with van der Waals surface area (Å²) in [7, 11) is 3.47. The molecule has 1 aromatic heterocycles. The van der Waals surface area contributed by atoms with Gasteiger partial charge >= 0.3 is 0 Å². The number of methoxy groups -OCH3 is 1.